The van der Waals surface area contributed by atoms with Gasteiger partial charge in [0.05, 0.1) is 10.6 Å². The first-order valence-corrected chi connectivity index (χ1v) is 10.2. The molecule has 4 rings (SSSR count). The highest BCUT2D eigenvalue weighted by Crippen LogP contribution is 2.41. The topological polar surface area (TPSA) is 84.9 Å². The summed E-state index contributed by atoms with van der Waals surface area (Å²) in [6, 6.07) is 11.2. The lowest BCUT2D eigenvalue weighted by atomic mass is 10.3. The van der Waals surface area contributed by atoms with Crippen molar-refractivity contribution in [2.75, 3.05) is 16.2 Å². The predicted octanol–water partition coefficient (Wildman–Crippen LogP) is 3.12. The van der Waals surface area contributed by atoms with Crippen molar-refractivity contribution in [3.8, 4) is 11.5 Å². The number of carbonyl (C=O) groups excluding carboxylic acids is 1. The van der Waals surface area contributed by atoms with E-state index in [1.807, 2.05) is 0 Å². The monoisotopic (exact) mass is 388 g/mol. The molecule has 0 aromatic heterocycles. The van der Waals surface area contributed by atoms with Gasteiger partial charge in [0, 0.05) is 38.6 Å². The van der Waals surface area contributed by atoms with Gasteiger partial charge in [0.1, 0.15) is 0 Å². The lowest BCUT2D eigenvalue weighted by Gasteiger charge is -2.16. The molecule has 0 unspecified atom stereocenters. The van der Waals surface area contributed by atoms with Crippen LogP contribution in [0.2, 0.25) is 0 Å². The highest BCUT2D eigenvalue weighted by Gasteiger charge is 2.32. The lowest BCUT2D eigenvalue weighted by molar-refractivity contribution is -0.117. The molecule has 2 aliphatic heterocycles. The SMILES string of the molecule is CC1(C)Oc2ccc(NS(=O)(=O)c3ccc(N4CCCC4=O)cc3)cc2O1. The number of rotatable bonds is 4. The van der Waals surface area contributed by atoms with Crippen molar-refractivity contribution in [1.29, 1.82) is 0 Å². The van der Waals surface area contributed by atoms with E-state index in [0.717, 1.165) is 6.42 Å². The van der Waals surface area contributed by atoms with Crippen LogP contribution in [0, 0.1) is 0 Å². The highest BCUT2D eigenvalue weighted by molar-refractivity contribution is 7.92. The number of ether oxygens (including phenoxy) is 2. The zero-order chi connectivity index (χ0) is 19.2. The molecular formula is C19H20N2O5S. The molecule has 8 heteroatoms. The minimum Gasteiger partial charge on any atom is -0.449 e. The third-order valence-corrected chi connectivity index (χ3v) is 5.84. The maximum absolute atomic E-state index is 12.7. The normalized spacial score (nSPS) is 18.0. The summed E-state index contributed by atoms with van der Waals surface area (Å²) < 4.78 is 39.1. The second-order valence-corrected chi connectivity index (χ2v) is 8.70. The van der Waals surface area contributed by atoms with E-state index in [1.165, 1.54) is 12.1 Å². The Hall–Kier alpha value is -2.74. The number of nitrogens with one attached hydrogen (secondary N) is 1. The summed E-state index contributed by atoms with van der Waals surface area (Å²) in [6.07, 6.45) is 1.35. The first kappa shape index (κ1) is 17.7. The van der Waals surface area contributed by atoms with E-state index in [2.05, 4.69) is 4.72 Å². The summed E-state index contributed by atoms with van der Waals surface area (Å²) in [5.41, 5.74) is 1.09. The number of carbonyl (C=O) groups is 1. The Morgan fingerprint density at radius 1 is 1.04 bits per heavy atom. The van der Waals surface area contributed by atoms with E-state index in [4.69, 9.17) is 9.47 Å². The summed E-state index contributed by atoms with van der Waals surface area (Å²) in [5.74, 6) is 0.348. The number of sulfonamides is 1. The van der Waals surface area contributed by atoms with Crippen LogP contribution in [-0.4, -0.2) is 26.7 Å². The van der Waals surface area contributed by atoms with Crippen molar-refractivity contribution >= 4 is 27.3 Å². The van der Waals surface area contributed by atoms with Gasteiger partial charge in [0.15, 0.2) is 11.5 Å². The summed E-state index contributed by atoms with van der Waals surface area (Å²) >= 11 is 0. The molecule has 2 aromatic rings. The Bertz CT molecular complexity index is 999. The molecule has 27 heavy (non-hydrogen) atoms. The Balaban J connectivity index is 1.53. The Kier molecular flexibility index (Phi) is 4.03. The summed E-state index contributed by atoms with van der Waals surface area (Å²) in [5, 5.41) is 0. The average molecular weight is 388 g/mol. The maximum atomic E-state index is 12.7. The Labute approximate surface area is 157 Å². The first-order valence-electron chi connectivity index (χ1n) is 8.69. The molecule has 7 nitrogen and oxygen atoms in total. The molecular weight excluding hydrogens is 368 g/mol. The third kappa shape index (κ3) is 3.44. The molecule has 0 spiro atoms. The van der Waals surface area contributed by atoms with Gasteiger partial charge in [-0.25, -0.2) is 8.42 Å². The molecule has 1 fully saturated rings. The molecule has 0 saturated carbocycles. The summed E-state index contributed by atoms with van der Waals surface area (Å²) in [7, 11) is -3.76. The summed E-state index contributed by atoms with van der Waals surface area (Å²) in [6.45, 7) is 4.23. The standard InChI is InChI=1S/C19H20N2O5S/c1-19(2)25-16-10-5-13(12-17(16)26-19)20-27(23,24)15-8-6-14(7-9-15)21-11-3-4-18(21)22/h5-10,12,20H,3-4,11H2,1-2H3. The molecule has 2 aliphatic rings. The van der Waals surface area contributed by atoms with Crippen LogP contribution in [0.4, 0.5) is 11.4 Å². The minimum atomic E-state index is -3.76. The van der Waals surface area contributed by atoms with Crippen LogP contribution in [-0.2, 0) is 14.8 Å². The number of amides is 1. The second-order valence-electron chi connectivity index (χ2n) is 7.01. The van der Waals surface area contributed by atoms with Gasteiger partial charge < -0.3 is 14.4 Å². The van der Waals surface area contributed by atoms with Gasteiger partial charge in [-0.3, -0.25) is 9.52 Å². The maximum Gasteiger partial charge on any atom is 0.261 e. The van der Waals surface area contributed by atoms with Crippen molar-refractivity contribution in [2.45, 2.75) is 37.4 Å². The molecule has 0 aliphatic carbocycles. The highest BCUT2D eigenvalue weighted by atomic mass is 32.2. The Morgan fingerprint density at radius 3 is 2.41 bits per heavy atom. The first-order chi connectivity index (χ1) is 12.7. The van der Waals surface area contributed by atoms with E-state index in [1.54, 1.807) is 49.1 Å². The molecule has 0 bridgehead atoms. The van der Waals surface area contributed by atoms with Crippen LogP contribution in [0.1, 0.15) is 26.7 Å². The van der Waals surface area contributed by atoms with Crippen molar-refractivity contribution in [3.63, 3.8) is 0 Å². The van der Waals surface area contributed by atoms with Crippen LogP contribution < -0.4 is 19.1 Å². The summed E-state index contributed by atoms with van der Waals surface area (Å²) in [4.78, 5) is 13.6. The van der Waals surface area contributed by atoms with Gasteiger partial charge in [-0.05, 0) is 42.8 Å². The lowest BCUT2D eigenvalue weighted by Crippen LogP contribution is -2.29. The fourth-order valence-electron chi connectivity index (χ4n) is 3.23. The molecule has 1 saturated heterocycles. The molecule has 1 N–H and O–H groups in total. The largest absolute Gasteiger partial charge is 0.449 e. The van der Waals surface area contributed by atoms with Crippen LogP contribution in [0.15, 0.2) is 47.4 Å². The van der Waals surface area contributed by atoms with Gasteiger partial charge >= 0.3 is 0 Å². The van der Waals surface area contributed by atoms with Gasteiger partial charge in [-0.1, -0.05) is 0 Å². The zero-order valence-corrected chi connectivity index (χ0v) is 15.9. The number of nitrogens with zero attached hydrogens (tertiary/aromatic N) is 1. The van der Waals surface area contributed by atoms with E-state index in [9.17, 15) is 13.2 Å². The van der Waals surface area contributed by atoms with Gasteiger partial charge in [-0.15, -0.1) is 0 Å². The van der Waals surface area contributed by atoms with Crippen molar-refractivity contribution in [1.82, 2.24) is 0 Å². The minimum absolute atomic E-state index is 0.0621. The fraction of sp³-hybridized carbons (Fsp3) is 0.316. The molecule has 142 valence electrons. The number of hydrogen-bond acceptors (Lipinski definition) is 5. The number of benzene rings is 2. The van der Waals surface area contributed by atoms with Gasteiger partial charge in [0.25, 0.3) is 10.0 Å². The van der Waals surface area contributed by atoms with E-state index >= 15 is 0 Å². The Morgan fingerprint density at radius 2 is 1.74 bits per heavy atom. The molecule has 0 atom stereocenters. The van der Waals surface area contributed by atoms with Crippen LogP contribution in [0.5, 0.6) is 11.5 Å². The molecule has 0 radical (unpaired) electrons. The van der Waals surface area contributed by atoms with Crippen LogP contribution >= 0.6 is 0 Å². The molecule has 2 heterocycles. The predicted molar refractivity (Wildman–Crippen MR) is 101 cm³/mol. The molecule has 1 amide bonds. The van der Waals surface area contributed by atoms with Crippen molar-refractivity contribution in [3.05, 3.63) is 42.5 Å². The fourth-order valence-corrected chi connectivity index (χ4v) is 4.28. The van der Waals surface area contributed by atoms with Crippen LogP contribution in [0.25, 0.3) is 0 Å². The third-order valence-electron chi connectivity index (χ3n) is 4.44. The van der Waals surface area contributed by atoms with Gasteiger partial charge in [-0.2, -0.15) is 0 Å². The smallest absolute Gasteiger partial charge is 0.261 e. The molecule has 2 aromatic carbocycles. The zero-order valence-electron chi connectivity index (χ0n) is 15.1. The van der Waals surface area contributed by atoms with E-state index in [0.29, 0.717) is 35.8 Å². The van der Waals surface area contributed by atoms with E-state index < -0.39 is 15.8 Å². The van der Waals surface area contributed by atoms with Gasteiger partial charge in [0.2, 0.25) is 11.7 Å². The van der Waals surface area contributed by atoms with Crippen LogP contribution in [0.3, 0.4) is 0 Å². The van der Waals surface area contributed by atoms with E-state index in [-0.39, 0.29) is 10.8 Å². The van der Waals surface area contributed by atoms with Crippen molar-refractivity contribution in [2.24, 2.45) is 0 Å². The quantitative estimate of drug-likeness (QED) is 0.870. The second kappa shape index (κ2) is 6.16. The average Bonchev–Trinajstić information content (AvgIpc) is 3.15. The van der Waals surface area contributed by atoms with Crippen molar-refractivity contribution < 1.29 is 22.7 Å². The number of anilines is 2. The number of fused-ring (bicyclic) bond motifs is 1. The number of hydrogen-bond donors (Lipinski definition) is 1.